The van der Waals surface area contributed by atoms with Crippen LogP contribution < -0.4 is 11.1 Å². The predicted octanol–water partition coefficient (Wildman–Crippen LogP) is 0.348. The lowest BCUT2D eigenvalue weighted by Crippen LogP contribution is -2.43. The standard InChI is InChI=1S/C8H20N2O/c1-7(5-9)10-6-8(2,3)11-4/h7,10H,5-6,9H2,1-4H3/t7-/m0/s1. The summed E-state index contributed by atoms with van der Waals surface area (Å²) in [5.41, 5.74) is 5.35. The van der Waals surface area contributed by atoms with Gasteiger partial charge in [0.05, 0.1) is 5.60 Å². The van der Waals surface area contributed by atoms with Crippen LogP contribution in [0.2, 0.25) is 0 Å². The van der Waals surface area contributed by atoms with E-state index in [4.69, 9.17) is 10.5 Å². The maximum atomic E-state index is 5.44. The molecule has 0 aliphatic carbocycles. The molecule has 11 heavy (non-hydrogen) atoms. The van der Waals surface area contributed by atoms with Gasteiger partial charge in [-0.05, 0) is 20.8 Å². The minimum Gasteiger partial charge on any atom is -0.377 e. The monoisotopic (exact) mass is 160 g/mol. The first-order valence-electron chi connectivity index (χ1n) is 4.00. The van der Waals surface area contributed by atoms with Crippen LogP contribution in [0.3, 0.4) is 0 Å². The molecule has 3 N–H and O–H groups in total. The lowest BCUT2D eigenvalue weighted by molar-refractivity contribution is 0.0216. The van der Waals surface area contributed by atoms with E-state index in [1.807, 2.05) is 13.8 Å². The SMILES string of the molecule is COC(C)(C)CN[C@@H](C)CN. The summed E-state index contributed by atoms with van der Waals surface area (Å²) in [6.45, 7) is 7.65. The Morgan fingerprint density at radius 1 is 1.55 bits per heavy atom. The Labute approximate surface area is 69.3 Å². The van der Waals surface area contributed by atoms with Crippen molar-refractivity contribution in [1.82, 2.24) is 5.32 Å². The van der Waals surface area contributed by atoms with E-state index in [1.165, 1.54) is 0 Å². The summed E-state index contributed by atoms with van der Waals surface area (Å²) >= 11 is 0. The fourth-order valence-corrected chi connectivity index (χ4v) is 0.576. The third-order valence-electron chi connectivity index (χ3n) is 1.78. The van der Waals surface area contributed by atoms with Gasteiger partial charge in [-0.2, -0.15) is 0 Å². The molecule has 0 spiro atoms. The maximum absolute atomic E-state index is 5.44. The average molecular weight is 160 g/mol. The van der Waals surface area contributed by atoms with Gasteiger partial charge < -0.3 is 15.8 Å². The zero-order valence-electron chi connectivity index (χ0n) is 7.98. The van der Waals surface area contributed by atoms with Gasteiger partial charge in [-0.3, -0.25) is 0 Å². The second-order valence-electron chi connectivity index (χ2n) is 3.48. The number of rotatable bonds is 5. The number of methoxy groups -OCH3 is 1. The second kappa shape index (κ2) is 4.70. The van der Waals surface area contributed by atoms with Crippen LogP contribution in [0, 0.1) is 0 Å². The summed E-state index contributed by atoms with van der Waals surface area (Å²) in [5.74, 6) is 0. The molecule has 0 rings (SSSR count). The Morgan fingerprint density at radius 2 is 2.09 bits per heavy atom. The second-order valence-corrected chi connectivity index (χ2v) is 3.48. The van der Waals surface area contributed by atoms with Gasteiger partial charge in [0.1, 0.15) is 0 Å². The highest BCUT2D eigenvalue weighted by molar-refractivity contribution is 4.73. The van der Waals surface area contributed by atoms with E-state index >= 15 is 0 Å². The van der Waals surface area contributed by atoms with Crippen molar-refractivity contribution in [3.05, 3.63) is 0 Å². The molecule has 0 unspecified atom stereocenters. The molecule has 0 bridgehead atoms. The Kier molecular flexibility index (Phi) is 4.65. The molecule has 0 aromatic carbocycles. The molecule has 1 atom stereocenters. The molecule has 3 nitrogen and oxygen atoms in total. The van der Waals surface area contributed by atoms with Crippen molar-refractivity contribution in [2.45, 2.75) is 32.4 Å². The van der Waals surface area contributed by atoms with Crippen molar-refractivity contribution in [1.29, 1.82) is 0 Å². The van der Waals surface area contributed by atoms with Crippen molar-refractivity contribution in [3.63, 3.8) is 0 Å². The summed E-state index contributed by atoms with van der Waals surface area (Å²) in [6, 6.07) is 0.365. The molecular formula is C8H20N2O. The van der Waals surface area contributed by atoms with Gasteiger partial charge in [0, 0.05) is 26.2 Å². The first-order valence-corrected chi connectivity index (χ1v) is 4.00. The third kappa shape index (κ3) is 5.18. The smallest absolute Gasteiger partial charge is 0.0746 e. The minimum absolute atomic E-state index is 0.0938. The molecule has 0 amide bonds. The zero-order valence-corrected chi connectivity index (χ0v) is 7.98. The number of hydrogen-bond acceptors (Lipinski definition) is 3. The lowest BCUT2D eigenvalue weighted by atomic mass is 10.1. The van der Waals surface area contributed by atoms with Crippen LogP contribution in [0.25, 0.3) is 0 Å². The van der Waals surface area contributed by atoms with Gasteiger partial charge in [-0.15, -0.1) is 0 Å². The van der Waals surface area contributed by atoms with Crippen LogP contribution in [-0.2, 0) is 4.74 Å². The molecule has 68 valence electrons. The Balaban J connectivity index is 3.52. The number of hydrogen-bond donors (Lipinski definition) is 2. The highest BCUT2D eigenvalue weighted by Gasteiger charge is 2.16. The summed E-state index contributed by atoms with van der Waals surface area (Å²) in [7, 11) is 1.72. The van der Waals surface area contributed by atoms with Gasteiger partial charge in [0.15, 0.2) is 0 Å². The molecule has 0 fully saturated rings. The largest absolute Gasteiger partial charge is 0.377 e. The van der Waals surface area contributed by atoms with E-state index < -0.39 is 0 Å². The van der Waals surface area contributed by atoms with Crippen LogP contribution in [0.5, 0.6) is 0 Å². The molecule has 0 saturated carbocycles. The molecule has 0 aliphatic heterocycles. The molecular weight excluding hydrogens is 140 g/mol. The molecule has 3 heteroatoms. The highest BCUT2D eigenvalue weighted by atomic mass is 16.5. The quantitative estimate of drug-likeness (QED) is 0.610. The molecule has 0 aromatic rings. The fourth-order valence-electron chi connectivity index (χ4n) is 0.576. The minimum atomic E-state index is -0.0938. The Bertz CT molecular complexity index is 104. The van der Waals surface area contributed by atoms with Gasteiger partial charge in [0.2, 0.25) is 0 Å². The van der Waals surface area contributed by atoms with Crippen molar-refractivity contribution >= 4 is 0 Å². The summed E-state index contributed by atoms with van der Waals surface area (Å²) in [4.78, 5) is 0. The van der Waals surface area contributed by atoms with E-state index in [1.54, 1.807) is 7.11 Å². The van der Waals surface area contributed by atoms with Crippen molar-refractivity contribution in [3.8, 4) is 0 Å². The van der Waals surface area contributed by atoms with E-state index in [9.17, 15) is 0 Å². The average Bonchev–Trinajstić information content (AvgIpc) is 2.00. The highest BCUT2D eigenvalue weighted by Crippen LogP contribution is 2.04. The van der Waals surface area contributed by atoms with Crippen molar-refractivity contribution in [2.75, 3.05) is 20.2 Å². The van der Waals surface area contributed by atoms with Crippen LogP contribution in [-0.4, -0.2) is 31.8 Å². The molecule has 0 heterocycles. The van der Waals surface area contributed by atoms with Crippen LogP contribution in [0.1, 0.15) is 20.8 Å². The fraction of sp³-hybridized carbons (Fsp3) is 1.00. The molecule has 0 aromatic heterocycles. The van der Waals surface area contributed by atoms with E-state index in [0.29, 0.717) is 12.6 Å². The normalized spacial score (nSPS) is 15.0. The van der Waals surface area contributed by atoms with E-state index in [2.05, 4.69) is 12.2 Å². The Hall–Kier alpha value is -0.120. The van der Waals surface area contributed by atoms with Crippen molar-refractivity contribution < 1.29 is 4.74 Å². The Morgan fingerprint density at radius 3 is 2.45 bits per heavy atom. The number of nitrogens with one attached hydrogen (secondary N) is 1. The van der Waals surface area contributed by atoms with Crippen LogP contribution >= 0.6 is 0 Å². The third-order valence-corrected chi connectivity index (χ3v) is 1.78. The summed E-state index contributed by atoms with van der Waals surface area (Å²) in [6.07, 6.45) is 0. The predicted molar refractivity (Wildman–Crippen MR) is 47.6 cm³/mol. The van der Waals surface area contributed by atoms with Gasteiger partial charge in [0.25, 0.3) is 0 Å². The van der Waals surface area contributed by atoms with Crippen molar-refractivity contribution in [2.24, 2.45) is 5.73 Å². The van der Waals surface area contributed by atoms with Crippen LogP contribution in [0.4, 0.5) is 0 Å². The maximum Gasteiger partial charge on any atom is 0.0746 e. The summed E-state index contributed by atoms with van der Waals surface area (Å²) < 4.78 is 5.23. The lowest BCUT2D eigenvalue weighted by Gasteiger charge is -2.25. The molecule has 0 saturated heterocycles. The van der Waals surface area contributed by atoms with Gasteiger partial charge in [-0.25, -0.2) is 0 Å². The zero-order chi connectivity index (χ0) is 8.91. The number of nitrogens with two attached hydrogens (primary N) is 1. The first kappa shape index (κ1) is 10.9. The summed E-state index contributed by atoms with van der Waals surface area (Å²) in [5, 5.41) is 3.27. The molecule has 0 radical (unpaired) electrons. The van der Waals surface area contributed by atoms with Gasteiger partial charge in [-0.1, -0.05) is 0 Å². The number of ether oxygens (including phenoxy) is 1. The van der Waals surface area contributed by atoms with Gasteiger partial charge >= 0.3 is 0 Å². The topological polar surface area (TPSA) is 47.3 Å². The first-order chi connectivity index (χ1) is 5.02. The van der Waals surface area contributed by atoms with Crippen LogP contribution in [0.15, 0.2) is 0 Å². The molecule has 0 aliphatic rings. The van der Waals surface area contributed by atoms with E-state index in [0.717, 1.165) is 6.54 Å². The van der Waals surface area contributed by atoms with E-state index in [-0.39, 0.29) is 5.60 Å².